The summed E-state index contributed by atoms with van der Waals surface area (Å²) in [6.07, 6.45) is 3.51. The van der Waals surface area contributed by atoms with Gasteiger partial charge in [0.15, 0.2) is 12.4 Å². The van der Waals surface area contributed by atoms with Crippen LogP contribution in [0.25, 0.3) is 11.1 Å². The normalized spacial score (nSPS) is 9.30. The molecule has 0 spiro atoms. The van der Waals surface area contributed by atoms with Crippen LogP contribution in [0.5, 0.6) is 0 Å². The SMILES string of the molecule is N#CN(C#N)c1ccc(-c2ccc(C(=O)O)cc2)cc1. The molecule has 0 aliphatic heterocycles. The van der Waals surface area contributed by atoms with Crippen molar-refractivity contribution in [2.45, 2.75) is 0 Å². The van der Waals surface area contributed by atoms with Crippen LogP contribution in [0.3, 0.4) is 0 Å². The molecule has 5 heteroatoms. The van der Waals surface area contributed by atoms with Crippen LogP contribution < -0.4 is 4.90 Å². The van der Waals surface area contributed by atoms with Crippen molar-refractivity contribution in [1.29, 1.82) is 10.5 Å². The molecule has 2 aromatic rings. The lowest BCUT2D eigenvalue weighted by molar-refractivity contribution is 0.0697. The first kappa shape index (κ1) is 13.1. The van der Waals surface area contributed by atoms with Crippen molar-refractivity contribution >= 4 is 11.7 Å². The first-order chi connectivity index (χ1) is 9.65. The van der Waals surface area contributed by atoms with Crippen molar-refractivity contribution in [2.75, 3.05) is 4.90 Å². The average Bonchev–Trinajstić information content (AvgIpc) is 2.49. The second kappa shape index (κ2) is 5.55. The fourth-order valence-corrected chi connectivity index (χ4v) is 1.75. The van der Waals surface area contributed by atoms with Gasteiger partial charge in [0.25, 0.3) is 0 Å². The number of benzene rings is 2. The fraction of sp³-hybridized carbons (Fsp3) is 0. The van der Waals surface area contributed by atoms with Gasteiger partial charge in [0.2, 0.25) is 0 Å². The summed E-state index contributed by atoms with van der Waals surface area (Å²) < 4.78 is 0. The highest BCUT2D eigenvalue weighted by Gasteiger charge is 2.06. The van der Waals surface area contributed by atoms with Gasteiger partial charge in [-0.2, -0.15) is 15.4 Å². The van der Waals surface area contributed by atoms with Gasteiger partial charge in [0.05, 0.1) is 11.3 Å². The molecule has 0 amide bonds. The highest BCUT2D eigenvalue weighted by atomic mass is 16.4. The second-order valence-corrected chi connectivity index (χ2v) is 3.96. The summed E-state index contributed by atoms with van der Waals surface area (Å²) in [5.41, 5.74) is 2.45. The number of aromatic carboxylic acids is 1. The summed E-state index contributed by atoms with van der Waals surface area (Å²) in [7, 11) is 0. The van der Waals surface area contributed by atoms with Gasteiger partial charge in [-0.05, 0) is 35.4 Å². The molecule has 0 bridgehead atoms. The summed E-state index contributed by atoms with van der Waals surface area (Å²) in [6, 6.07) is 13.3. The molecule has 0 atom stereocenters. The van der Waals surface area contributed by atoms with E-state index in [0.717, 1.165) is 16.0 Å². The maximum atomic E-state index is 10.8. The Morgan fingerprint density at radius 1 is 0.900 bits per heavy atom. The monoisotopic (exact) mass is 263 g/mol. The highest BCUT2D eigenvalue weighted by molar-refractivity contribution is 5.88. The first-order valence-electron chi connectivity index (χ1n) is 5.69. The highest BCUT2D eigenvalue weighted by Crippen LogP contribution is 2.23. The van der Waals surface area contributed by atoms with E-state index in [0.29, 0.717) is 5.69 Å². The number of carbonyl (C=O) groups is 1. The second-order valence-electron chi connectivity index (χ2n) is 3.96. The van der Waals surface area contributed by atoms with Crippen LogP contribution in [0.2, 0.25) is 0 Å². The van der Waals surface area contributed by atoms with Gasteiger partial charge in [-0.25, -0.2) is 4.79 Å². The Labute approximate surface area is 115 Å². The standard InChI is InChI=1S/C15H9N3O2/c16-9-18(10-17)14-7-5-12(6-8-14)11-1-3-13(4-2-11)15(19)20/h1-8H,(H,19,20). The predicted octanol–water partition coefficient (Wildman–Crippen LogP) is 2.82. The van der Waals surface area contributed by atoms with Gasteiger partial charge in [-0.3, -0.25) is 0 Å². The predicted molar refractivity (Wildman–Crippen MR) is 72.5 cm³/mol. The largest absolute Gasteiger partial charge is 0.478 e. The number of carboxylic acid groups (broad SMARTS) is 1. The molecule has 0 saturated heterocycles. The number of hydrogen-bond acceptors (Lipinski definition) is 4. The van der Waals surface area contributed by atoms with E-state index in [4.69, 9.17) is 15.6 Å². The van der Waals surface area contributed by atoms with E-state index in [-0.39, 0.29) is 5.56 Å². The van der Waals surface area contributed by atoms with Crippen molar-refractivity contribution in [3.05, 3.63) is 54.1 Å². The minimum absolute atomic E-state index is 0.227. The summed E-state index contributed by atoms with van der Waals surface area (Å²) in [4.78, 5) is 11.7. The summed E-state index contributed by atoms with van der Waals surface area (Å²) in [5, 5.41) is 26.3. The van der Waals surface area contributed by atoms with Crippen LogP contribution in [-0.4, -0.2) is 11.1 Å². The molecule has 0 saturated carbocycles. The van der Waals surface area contributed by atoms with Crippen molar-refractivity contribution in [3.63, 3.8) is 0 Å². The Bertz CT molecular complexity index is 693. The first-order valence-corrected chi connectivity index (χ1v) is 5.69. The van der Waals surface area contributed by atoms with Crippen LogP contribution in [0.4, 0.5) is 5.69 Å². The van der Waals surface area contributed by atoms with Gasteiger partial charge < -0.3 is 5.11 Å². The number of carboxylic acids is 1. The van der Waals surface area contributed by atoms with Crippen molar-refractivity contribution in [1.82, 2.24) is 0 Å². The molecule has 0 unspecified atom stereocenters. The molecule has 0 aromatic heterocycles. The van der Waals surface area contributed by atoms with Gasteiger partial charge in [0, 0.05) is 0 Å². The number of nitriles is 2. The Kier molecular flexibility index (Phi) is 3.65. The van der Waals surface area contributed by atoms with Crippen LogP contribution in [-0.2, 0) is 0 Å². The Hall–Kier alpha value is -3.31. The smallest absolute Gasteiger partial charge is 0.335 e. The number of rotatable bonds is 3. The topological polar surface area (TPSA) is 88.1 Å². The van der Waals surface area contributed by atoms with Crippen molar-refractivity contribution in [2.24, 2.45) is 0 Å². The summed E-state index contributed by atoms with van der Waals surface area (Å²) in [6.45, 7) is 0. The Balaban J connectivity index is 2.29. The molecule has 0 aliphatic rings. The lowest BCUT2D eigenvalue weighted by Crippen LogP contribution is -2.06. The Morgan fingerprint density at radius 3 is 1.75 bits per heavy atom. The number of hydrogen-bond donors (Lipinski definition) is 1. The van der Waals surface area contributed by atoms with Crippen LogP contribution in [0.1, 0.15) is 10.4 Å². The van der Waals surface area contributed by atoms with E-state index in [9.17, 15) is 4.79 Å². The summed E-state index contributed by atoms with van der Waals surface area (Å²) >= 11 is 0. The van der Waals surface area contributed by atoms with E-state index in [1.54, 1.807) is 48.8 Å². The third kappa shape index (κ3) is 2.58. The lowest BCUT2D eigenvalue weighted by Gasteiger charge is -2.07. The third-order valence-corrected chi connectivity index (χ3v) is 2.79. The van der Waals surface area contributed by atoms with Crippen molar-refractivity contribution < 1.29 is 9.90 Å². The molecule has 2 aromatic carbocycles. The van der Waals surface area contributed by atoms with E-state index in [1.165, 1.54) is 12.1 Å². The molecule has 0 radical (unpaired) electrons. The molecular weight excluding hydrogens is 254 g/mol. The molecular formula is C15H9N3O2. The van der Waals surface area contributed by atoms with Gasteiger partial charge in [0.1, 0.15) is 0 Å². The minimum atomic E-state index is -0.967. The zero-order valence-electron chi connectivity index (χ0n) is 10.3. The van der Waals surface area contributed by atoms with Crippen LogP contribution in [0, 0.1) is 22.9 Å². The lowest BCUT2D eigenvalue weighted by atomic mass is 10.0. The Morgan fingerprint density at radius 2 is 1.35 bits per heavy atom. The minimum Gasteiger partial charge on any atom is -0.478 e. The number of nitrogens with zero attached hydrogens (tertiary/aromatic N) is 3. The van der Waals surface area contributed by atoms with Gasteiger partial charge in [-0.1, -0.05) is 24.3 Å². The molecule has 1 N–H and O–H groups in total. The quantitative estimate of drug-likeness (QED) is 0.679. The molecule has 0 fully saturated rings. The third-order valence-electron chi connectivity index (χ3n) is 2.79. The maximum absolute atomic E-state index is 10.8. The molecule has 20 heavy (non-hydrogen) atoms. The average molecular weight is 263 g/mol. The summed E-state index contributed by atoms with van der Waals surface area (Å²) in [5.74, 6) is -0.967. The number of anilines is 1. The zero-order valence-corrected chi connectivity index (χ0v) is 10.3. The van der Waals surface area contributed by atoms with Crippen LogP contribution in [0.15, 0.2) is 48.5 Å². The van der Waals surface area contributed by atoms with Gasteiger partial charge >= 0.3 is 5.97 Å². The maximum Gasteiger partial charge on any atom is 0.335 e. The van der Waals surface area contributed by atoms with E-state index in [1.807, 2.05) is 0 Å². The van der Waals surface area contributed by atoms with Crippen LogP contribution >= 0.6 is 0 Å². The van der Waals surface area contributed by atoms with Gasteiger partial charge in [-0.15, -0.1) is 0 Å². The zero-order chi connectivity index (χ0) is 14.5. The van der Waals surface area contributed by atoms with Crippen molar-refractivity contribution in [3.8, 4) is 23.5 Å². The molecule has 0 aliphatic carbocycles. The molecule has 0 heterocycles. The molecule has 2 rings (SSSR count). The van der Waals surface area contributed by atoms with E-state index in [2.05, 4.69) is 0 Å². The molecule has 96 valence electrons. The van der Waals surface area contributed by atoms with E-state index >= 15 is 0 Å². The fourth-order valence-electron chi connectivity index (χ4n) is 1.75. The molecule has 5 nitrogen and oxygen atoms in total. The van der Waals surface area contributed by atoms with E-state index < -0.39 is 5.97 Å².